The first-order chi connectivity index (χ1) is 15.2. The number of aromatic amines is 1. The summed E-state index contributed by atoms with van der Waals surface area (Å²) in [5.74, 6) is 1.07. The van der Waals surface area contributed by atoms with E-state index in [1.54, 1.807) is 7.11 Å². The molecule has 2 fully saturated rings. The van der Waals surface area contributed by atoms with E-state index in [0.29, 0.717) is 26.1 Å². The molecule has 1 aromatic carbocycles. The summed E-state index contributed by atoms with van der Waals surface area (Å²) in [6.07, 6.45) is 6.25. The predicted octanol–water partition coefficient (Wildman–Crippen LogP) is 2.46. The summed E-state index contributed by atoms with van der Waals surface area (Å²) in [7, 11) is 1.63. The van der Waals surface area contributed by atoms with Crippen LogP contribution in [0.3, 0.4) is 0 Å². The molecule has 0 spiro atoms. The van der Waals surface area contributed by atoms with Crippen molar-refractivity contribution in [1.82, 2.24) is 24.2 Å². The summed E-state index contributed by atoms with van der Waals surface area (Å²) in [5.41, 5.74) is 2.04. The number of H-pyrrole nitrogens is 1. The van der Waals surface area contributed by atoms with Gasteiger partial charge in [-0.1, -0.05) is 18.2 Å². The summed E-state index contributed by atoms with van der Waals surface area (Å²) >= 11 is 0. The Morgan fingerprint density at radius 2 is 2.10 bits per heavy atom. The number of aromatic nitrogens is 4. The zero-order valence-corrected chi connectivity index (χ0v) is 17.9. The van der Waals surface area contributed by atoms with Gasteiger partial charge in [0.25, 0.3) is 0 Å². The maximum absolute atomic E-state index is 13.1. The number of piperidine rings is 1. The lowest BCUT2D eigenvalue weighted by Crippen LogP contribution is -2.40. The number of fused-ring (bicyclic) bond motifs is 1. The molecule has 3 heterocycles. The Morgan fingerprint density at radius 1 is 1.26 bits per heavy atom. The van der Waals surface area contributed by atoms with Crippen molar-refractivity contribution in [2.45, 2.75) is 50.6 Å². The number of para-hydroxylation sites is 1. The van der Waals surface area contributed by atoms with Gasteiger partial charge in [-0.05, 0) is 37.3 Å². The fourth-order valence-corrected chi connectivity index (χ4v) is 4.68. The maximum atomic E-state index is 13.1. The third-order valence-electron chi connectivity index (χ3n) is 6.47. The number of benzene rings is 1. The number of ether oxygens (including phenoxy) is 1. The van der Waals surface area contributed by atoms with Crippen LogP contribution < -0.4 is 5.69 Å². The third kappa shape index (κ3) is 3.92. The van der Waals surface area contributed by atoms with E-state index in [1.165, 1.54) is 4.68 Å². The smallest absolute Gasteiger partial charge is 0.346 e. The molecule has 8 nitrogen and oxygen atoms in total. The Kier molecular flexibility index (Phi) is 5.40. The fourth-order valence-electron chi connectivity index (χ4n) is 4.68. The number of hydrogen-bond donors (Lipinski definition) is 1. The maximum Gasteiger partial charge on any atom is 0.346 e. The minimum atomic E-state index is -0.0446. The average Bonchev–Trinajstić information content (AvgIpc) is 3.47. The van der Waals surface area contributed by atoms with Crippen molar-refractivity contribution in [3.63, 3.8) is 0 Å². The standard InChI is InChI=1S/C23H29N5O3/c1-31-12-11-27-23(30)28(18-8-9-18)22(25-27)16-5-4-10-26(15-16)21(29)13-17-14-24-20-7-3-2-6-19(17)20/h2-3,6-7,14,16,18,24H,4-5,8-13,15H2,1H3. The van der Waals surface area contributed by atoms with Gasteiger partial charge in [-0.2, -0.15) is 5.10 Å². The van der Waals surface area contributed by atoms with Gasteiger partial charge in [0.15, 0.2) is 0 Å². The number of amides is 1. The normalized spacial score (nSPS) is 19.3. The molecular formula is C23H29N5O3. The molecule has 3 aromatic rings. The van der Waals surface area contributed by atoms with E-state index in [-0.39, 0.29) is 23.6 Å². The van der Waals surface area contributed by atoms with Crippen LogP contribution in [0.15, 0.2) is 35.3 Å². The second kappa shape index (κ2) is 8.34. The van der Waals surface area contributed by atoms with Crippen molar-refractivity contribution in [3.05, 3.63) is 52.3 Å². The van der Waals surface area contributed by atoms with Crippen molar-refractivity contribution in [2.24, 2.45) is 0 Å². The van der Waals surface area contributed by atoms with Crippen molar-refractivity contribution >= 4 is 16.8 Å². The van der Waals surface area contributed by atoms with Gasteiger partial charge < -0.3 is 14.6 Å². The van der Waals surface area contributed by atoms with Crippen molar-refractivity contribution in [3.8, 4) is 0 Å². The number of hydrogen-bond acceptors (Lipinski definition) is 4. The minimum absolute atomic E-state index is 0.0446. The van der Waals surface area contributed by atoms with Crippen LogP contribution in [-0.4, -0.2) is 56.9 Å². The number of carbonyl (C=O) groups is 1. The van der Waals surface area contributed by atoms with Crippen LogP contribution in [0.1, 0.15) is 49.0 Å². The van der Waals surface area contributed by atoms with E-state index < -0.39 is 0 Å². The zero-order chi connectivity index (χ0) is 21.4. The number of nitrogens with zero attached hydrogens (tertiary/aromatic N) is 4. The van der Waals surface area contributed by atoms with Crippen LogP contribution in [0, 0.1) is 0 Å². The van der Waals surface area contributed by atoms with E-state index in [1.807, 2.05) is 33.9 Å². The van der Waals surface area contributed by atoms with Crippen LogP contribution in [0.2, 0.25) is 0 Å². The molecule has 1 saturated carbocycles. The Labute approximate surface area is 180 Å². The molecule has 1 aliphatic heterocycles. The molecule has 5 rings (SSSR count). The quantitative estimate of drug-likeness (QED) is 0.633. The molecule has 1 unspecified atom stereocenters. The summed E-state index contributed by atoms with van der Waals surface area (Å²) in [5, 5.41) is 5.79. The number of carbonyl (C=O) groups excluding carboxylic acids is 1. The first kappa shape index (κ1) is 20.1. The Bertz CT molecular complexity index is 1140. The minimum Gasteiger partial charge on any atom is -0.383 e. The first-order valence-electron chi connectivity index (χ1n) is 11.2. The summed E-state index contributed by atoms with van der Waals surface area (Å²) < 4.78 is 8.55. The van der Waals surface area contributed by atoms with Gasteiger partial charge in [-0.15, -0.1) is 0 Å². The fraction of sp³-hybridized carbons (Fsp3) is 0.522. The van der Waals surface area contributed by atoms with Gasteiger partial charge in [-0.25, -0.2) is 9.48 Å². The molecule has 1 amide bonds. The predicted molar refractivity (Wildman–Crippen MR) is 117 cm³/mol. The Hall–Kier alpha value is -2.87. The highest BCUT2D eigenvalue weighted by molar-refractivity contribution is 5.88. The topological polar surface area (TPSA) is 85.2 Å². The van der Waals surface area contributed by atoms with Crippen molar-refractivity contribution < 1.29 is 9.53 Å². The zero-order valence-electron chi connectivity index (χ0n) is 17.9. The van der Waals surface area contributed by atoms with E-state index in [4.69, 9.17) is 4.74 Å². The van der Waals surface area contributed by atoms with Crippen molar-refractivity contribution in [2.75, 3.05) is 26.8 Å². The highest BCUT2D eigenvalue weighted by Crippen LogP contribution is 2.37. The molecule has 0 bridgehead atoms. The second-order valence-corrected chi connectivity index (χ2v) is 8.67. The number of likely N-dealkylation sites (tertiary alicyclic amines) is 1. The average molecular weight is 424 g/mol. The van der Waals surface area contributed by atoms with E-state index >= 15 is 0 Å². The van der Waals surface area contributed by atoms with E-state index in [0.717, 1.165) is 54.5 Å². The van der Waals surface area contributed by atoms with Gasteiger partial charge in [0.1, 0.15) is 5.82 Å². The molecular weight excluding hydrogens is 394 g/mol. The Morgan fingerprint density at radius 3 is 2.90 bits per heavy atom. The van der Waals surface area contributed by atoms with Crippen LogP contribution in [0.5, 0.6) is 0 Å². The van der Waals surface area contributed by atoms with Crippen molar-refractivity contribution in [1.29, 1.82) is 0 Å². The van der Waals surface area contributed by atoms with Crippen LogP contribution in [0.25, 0.3) is 10.9 Å². The molecule has 1 saturated heterocycles. The SMILES string of the molecule is COCCn1nc(C2CCCN(C(=O)Cc3c[nH]c4ccccc34)C2)n(C2CC2)c1=O. The second-order valence-electron chi connectivity index (χ2n) is 8.67. The van der Waals surface area contributed by atoms with Gasteiger partial charge in [0.2, 0.25) is 5.91 Å². The molecule has 0 radical (unpaired) electrons. The monoisotopic (exact) mass is 423 g/mol. The molecule has 1 aliphatic carbocycles. The highest BCUT2D eigenvalue weighted by Gasteiger charge is 2.35. The van der Waals surface area contributed by atoms with Gasteiger partial charge in [0, 0.05) is 49.3 Å². The summed E-state index contributed by atoms with van der Waals surface area (Å²) in [4.78, 5) is 31.2. The molecule has 31 heavy (non-hydrogen) atoms. The van der Waals surface area contributed by atoms with Gasteiger partial charge in [-0.3, -0.25) is 9.36 Å². The molecule has 2 aromatic heterocycles. The van der Waals surface area contributed by atoms with E-state index in [2.05, 4.69) is 16.1 Å². The van der Waals surface area contributed by atoms with Gasteiger partial charge in [0.05, 0.1) is 19.6 Å². The lowest BCUT2D eigenvalue weighted by Gasteiger charge is -2.32. The molecule has 2 aliphatic rings. The summed E-state index contributed by atoms with van der Waals surface area (Å²) in [6, 6.07) is 8.32. The lowest BCUT2D eigenvalue weighted by molar-refractivity contribution is -0.131. The molecule has 1 N–H and O–H groups in total. The number of nitrogens with one attached hydrogen (secondary N) is 1. The number of rotatable bonds is 7. The number of methoxy groups -OCH3 is 1. The van der Waals surface area contributed by atoms with Crippen LogP contribution in [0.4, 0.5) is 0 Å². The van der Waals surface area contributed by atoms with Crippen LogP contribution in [-0.2, 0) is 22.5 Å². The largest absolute Gasteiger partial charge is 0.383 e. The molecule has 8 heteroatoms. The molecule has 164 valence electrons. The Balaban J connectivity index is 1.34. The summed E-state index contributed by atoms with van der Waals surface area (Å²) in [6.45, 7) is 2.29. The van der Waals surface area contributed by atoms with Crippen LogP contribution >= 0.6 is 0 Å². The molecule has 1 atom stereocenters. The third-order valence-corrected chi connectivity index (χ3v) is 6.47. The lowest BCUT2D eigenvalue weighted by atomic mass is 9.96. The van der Waals surface area contributed by atoms with E-state index in [9.17, 15) is 9.59 Å². The highest BCUT2D eigenvalue weighted by atomic mass is 16.5. The first-order valence-corrected chi connectivity index (χ1v) is 11.2. The van der Waals surface area contributed by atoms with Gasteiger partial charge >= 0.3 is 5.69 Å².